The van der Waals surface area contributed by atoms with Gasteiger partial charge >= 0.3 is 0 Å². The van der Waals surface area contributed by atoms with E-state index in [1.807, 2.05) is 12.1 Å². The van der Waals surface area contributed by atoms with Crippen LogP contribution in [0, 0.1) is 0 Å². The summed E-state index contributed by atoms with van der Waals surface area (Å²) in [6.45, 7) is 2.27. The lowest BCUT2D eigenvalue weighted by Crippen LogP contribution is -2.38. The zero-order valence-corrected chi connectivity index (χ0v) is 15.7. The summed E-state index contributed by atoms with van der Waals surface area (Å²) in [6.07, 6.45) is 3.20. The molecule has 1 atom stereocenters. The predicted molar refractivity (Wildman–Crippen MR) is 104 cm³/mol. The van der Waals surface area contributed by atoms with E-state index >= 15 is 0 Å². The first-order valence-corrected chi connectivity index (χ1v) is 9.78. The molecule has 2 N–H and O–H groups in total. The van der Waals surface area contributed by atoms with Crippen molar-refractivity contribution >= 4 is 11.7 Å². The fraction of sp³-hybridized carbons (Fsp3) is 0.364. The number of amides is 1. The van der Waals surface area contributed by atoms with Crippen LogP contribution in [0.25, 0.3) is 5.76 Å². The second-order valence-electron chi connectivity index (χ2n) is 7.66. The van der Waals surface area contributed by atoms with E-state index in [2.05, 4.69) is 29.4 Å². The van der Waals surface area contributed by atoms with E-state index in [-0.39, 0.29) is 30.2 Å². The summed E-state index contributed by atoms with van der Waals surface area (Å²) in [5.41, 5.74) is 3.89. The quantitative estimate of drug-likeness (QED) is 0.861. The Kier molecular flexibility index (Phi) is 4.00. The van der Waals surface area contributed by atoms with Crippen LogP contribution in [-0.4, -0.2) is 23.7 Å². The molecule has 28 heavy (non-hydrogen) atoms. The van der Waals surface area contributed by atoms with Gasteiger partial charge in [-0.1, -0.05) is 31.2 Å². The summed E-state index contributed by atoms with van der Waals surface area (Å²) in [5.74, 6) is 1.26. The minimum atomic E-state index is -0.397. The van der Waals surface area contributed by atoms with Crippen LogP contribution >= 0.6 is 0 Å². The molecule has 1 aromatic heterocycles. The molecule has 0 bridgehead atoms. The van der Waals surface area contributed by atoms with Gasteiger partial charge in [0.05, 0.1) is 5.69 Å². The number of pyridine rings is 1. The Labute approximate surface area is 162 Å². The standard InChI is InChI=1S/C22H22N2O4/c1-2-12-9-18-20(28-11-27-18)19-16(12)10-17(22(26)24-19)21(25)23-15-7-13-5-3-4-6-14(13)8-15/h3-6,10,12,15H,2,7-9,11H2,1H3,(H,23,25)(H,24,26). The maximum atomic E-state index is 12.9. The Balaban J connectivity index is 1.43. The minimum Gasteiger partial charge on any atom is -0.458 e. The maximum absolute atomic E-state index is 12.9. The molecule has 0 saturated heterocycles. The molecule has 144 valence electrons. The van der Waals surface area contributed by atoms with Crippen LogP contribution in [0.3, 0.4) is 0 Å². The smallest absolute Gasteiger partial charge is 0.261 e. The summed E-state index contributed by atoms with van der Waals surface area (Å²) in [6, 6.07) is 9.97. The van der Waals surface area contributed by atoms with Gasteiger partial charge in [0.2, 0.25) is 6.79 Å². The van der Waals surface area contributed by atoms with Crippen LogP contribution < -0.4 is 10.9 Å². The Bertz CT molecular complexity index is 1030. The van der Waals surface area contributed by atoms with Gasteiger partial charge in [0.1, 0.15) is 11.3 Å². The predicted octanol–water partition coefficient (Wildman–Crippen LogP) is 2.84. The summed E-state index contributed by atoms with van der Waals surface area (Å²) in [4.78, 5) is 28.4. The molecule has 2 aliphatic carbocycles. The monoisotopic (exact) mass is 378 g/mol. The van der Waals surface area contributed by atoms with Crippen LogP contribution in [0.5, 0.6) is 0 Å². The van der Waals surface area contributed by atoms with Crippen LogP contribution in [0.15, 0.2) is 40.9 Å². The van der Waals surface area contributed by atoms with Crippen LogP contribution in [0.2, 0.25) is 0 Å². The van der Waals surface area contributed by atoms with E-state index in [9.17, 15) is 9.59 Å². The van der Waals surface area contributed by atoms with E-state index in [1.165, 1.54) is 11.1 Å². The minimum absolute atomic E-state index is 0.0168. The van der Waals surface area contributed by atoms with Crippen molar-refractivity contribution in [1.82, 2.24) is 10.3 Å². The number of rotatable bonds is 3. The topological polar surface area (TPSA) is 80.4 Å². The first-order chi connectivity index (χ1) is 13.6. The molecule has 1 unspecified atom stereocenters. The SMILES string of the molecule is CCC1CC2=C(OCO2)c2[nH]c(=O)c(C(=O)NC3Cc4ccccc4C3)cc21. The molecule has 1 aliphatic heterocycles. The van der Waals surface area contributed by atoms with Gasteiger partial charge in [-0.2, -0.15) is 0 Å². The van der Waals surface area contributed by atoms with Crippen molar-refractivity contribution in [3.63, 3.8) is 0 Å². The Morgan fingerprint density at radius 2 is 1.93 bits per heavy atom. The number of fused-ring (bicyclic) bond motifs is 3. The summed E-state index contributed by atoms with van der Waals surface area (Å²) in [7, 11) is 0. The fourth-order valence-electron chi connectivity index (χ4n) is 4.52. The lowest BCUT2D eigenvalue weighted by molar-refractivity contribution is 0.0841. The molecule has 6 heteroatoms. The second kappa shape index (κ2) is 6.55. The summed E-state index contributed by atoms with van der Waals surface area (Å²) >= 11 is 0. The molecule has 1 amide bonds. The highest BCUT2D eigenvalue weighted by Gasteiger charge is 2.34. The summed E-state index contributed by atoms with van der Waals surface area (Å²) in [5, 5.41) is 3.04. The molecule has 3 aliphatic rings. The van der Waals surface area contributed by atoms with Gasteiger partial charge in [-0.15, -0.1) is 0 Å². The van der Waals surface area contributed by atoms with E-state index in [1.54, 1.807) is 6.07 Å². The highest BCUT2D eigenvalue weighted by Crippen LogP contribution is 2.42. The van der Waals surface area contributed by atoms with E-state index in [0.717, 1.165) is 37.0 Å². The van der Waals surface area contributed by atoms with Crippen molar-refractivity contribution < 1.29 is 14.3 Å². The van der Waals surface area contributed by atoms with Crippen molar-refractivity contribution in [2.75, 3.05) is 6.79 Å². The maximum Gasteiger partial charge on any atom is 0.261 e. The lowest BCUT2D eigenvalue weighted by Gasteiger charge is -2.24. The average molecular weight is 378 g/mol. The largest absolute Gasteiger partial charge is 0.458 e. The van der Waals surface area contributed by atoms with Crippen LogP contribution in [-0.2, 0) is 22.3 Å². The van der Waals surface area contributed by atoms with E-state index in [0.29, 0.717) is 11.5 Å². The molecule has 6 nitrogen and oxygen atoms in total. The molecule has 0 radical (unpaired) electrons. The molecule has 2 heterocycles. The number of carbonyl (C=O) groups excluding carboxylic acids is 1. The second-order valence-corrected chi connectivity index (χ2v) is 7.66. The third-order valence-electron chi connectivity index (χ3n) is 5.98. The van der Waals surface area contributed by atoms with Gasteiger partial charge in [-0.05, 0) is 47.9 Å². The molecule has 2 aromatic rings. The lowest BCUT2D eigenvalue weighted by atomic mass is 9.85. The molecule has 0 saturated carbocycles. The van der Waals surface area contributed by atoms with Crippen LogP contribution in [0.1, 0.15) is 58.4 Å². The van der Waals surface area contributed by atoms with Gasteiger partial charge in [0.15, 0.2) is 5.76 Å². The Hall–Kier alpha value is -3.02. The Morgan fingerprint density at radius 1 is 1.18 bits per heavy atom. The normalized spacial score (nSPS) is 20.1. The zero-order chi connectivity index (χ0) is 19.3. The number of allylic oxidation sites excluding steroid dienone is 1. The highest BCUT2D eigenvalue weighted by molar-refractivity contribution is 5.94. The summed E-state index contributed by atoms with van der Waals surface area (Å²) < 4.78 is 11.1. The molecular weight excluding hydrogens is 356 g/mol. The van der Waals surface area contributed by atoms with Crippen molar-refractivity contribution in [2.24, 2.45) is 0 Å². The third-order valence-corrected chi connectivity index (χ3v) is 5.98. The number of hydrogen-bond acceptors (Lipinski definition) is 4. The fourth-order valence-corrected chi connectivity index (χ4v) is 4.52. The van der Waals surface area contributed by atoms with E-state index in [4.69, 9.17) is 9.47 Å². The number of aromatic amines is 1. The highest BCUT2D eigenvalue weighted by atomic mass is 16.7. The number of H-pyrrole nitrogens is 1. The molecule has 5 rings (SSSR count). The Morgan fingerprint density at radius 3 is 2.64 bits per heavy atom. The van der Waals surface area contributed by atoms with Crippen molar-refractivity contribution in [3.05, 3.63) is 74.4 Å². The van der Waals surface area contributed by atoms with Gasteiger partial charge in [0, 0.05) is 12.5 Å². The number of benzene rings is 1. The zero-order valence-electron chi connectivity index (χ0n) is 15.7. The van der Waals surface area contributed by atoms with Crippen molar-refractivity contribution in [3.8, 4) is 0 Å². The first-order valence-electron chi connectivity index (χ1n) is 9.78. The first kappa shape index (κ1) is 17.1. The molecule has 0 fully saturated rings. The van der Waals surface area contributed by atoms with Gasteiger partial charge in [0.25, 0.3) is 11.5 Å². The number of aromatic nitrogens is 1. The van der Waals surface area contributed by atoms with Gasteiger partial charge in [-0.3, -0.25) is 9.59 Å². The van der Waals surface area contributed by atoms with Crippen molar-refractivity contribution in [1.29, 1.82) is 0 Å². The molecule has 0 spiro atoms. The van der Waals surface area contributed by atoms with Gasteiger partial charge in [-0.25, -0.2) is 0 Å². The van der Waals surface area contributed by atoms with Crippen LogP contribution in [0.4, 0.5) is 0 Å². The number of hydrogen-bond donors (Lipinski definition) is 2. The molecular formula is C22H22N2O4. The van der Waals surface area contributed by atoms with Gasteiger partial charge < -0.3 is 19.8 Å². The van der Waals surface area contributed by atoms with Crippen molar-refractivity contribution in [2.45, 2.75) is 44.6 Å². The third kappa shape index (κ3) is 2.71. The van der Waals surface area contributed by atoms with E-state index < -0.39 is 5.56 Å². The number of ether oxygens (including phenoxy) is 2. The number of carbonyl (C=O) groups is 1. The molecule has 1 aromatic carbocycles. The average Bonchev–Trinajstić information content (AvgIpc) is 3.32. The number of nitrogens with one attached hydrogen (secondary N) is 2.